The van der Waals surface area contributed by atoms with E-state index in [1.807, 2.05) is 30.3 Å². The number of hydrogen-bond acceptors (Lipinski definition) is 5. The van der Waals surface area contributed by atoms with E-state index in [0.29, 0.717) is 17.7 Å². The molecule has 1 aromatic heterocycles. The van der Waals surface area contributed by atoms with Crippen LogP contribution in [0.1, 0.15) is 29.7 Å². The summed E-state index contributed by atoms with van der Waals surface area (Å²) in [6.07, 6.45) is -0.185. The molecule has 0 aliphatic heterocycles. The molecule has 0 radical (unpaired) electrons. The molecule has 0 aliphatic rings. The minimum atomic E-state index is -4.09. The lowest BCUT2D eigenvalue weighted by Gasteiger charge is -2.16. The third kappa shape index (κ3) is 5.24. The van der Waals surface area contributed by atoms with E-state index in [9.17, 15) is 22.0 Å². The third-order valence-corrected chi connectivity index (χ3v) is 5.62. The van der Waals surface area contributed by atoms with Gasteiger partial charge in [-0.1, -0.05) is 30.3 Å². The number of benzene rings is 2. The van der Waals surface area contributed by atoms with E-state index < -0.39 is 38.5 Å². The van der Waals surface area contributed by atoms with Crippen LogP contribution in [0, 0.1) is 18.6 Å². The van der Waals surface area contributed by atoms with Crippen LogP contribution in [0.2, 0.25) is 0 Å². The minimum absolute atomic E-state index is 0.185. The molecule has 0 fully saturated rings. The van der Waals surface area contributed by atoms with Gasteiger partial charge in [0.1, 0.15) is 11.9 Å². The second-order valence-corrected chi connectivity index (χ2v) is 8.18. The molecule has 2 aromatic carbocycles. The number of rotatable bonds is 8. The van der Waals surface area contributed by atoms with E-state index in [2.05, 4.69) is 25.2 Å². The summed E-state index contributed by atoms with van der Waals surface area (Å²) < 4.78 is 52.8. The van der Waals surface area contributed by atoms with Crippen LogP contribution in [0.15, 0.2) is 53.4 Å². The predicted octanol–water partition coefficient (Wildman–Crippen LogP) is 1.97. The Morgan fingerprint density at radius 1 is 1.13 bits per heavy atom. The first-order chi connectivity index (χ1) is 14.3. The van der Waals surface area contributed by atoms with Gasteiger partial charge >= 0.3 is 0 Å². The third-order valence-electron chi connectivity index (χ3n) is 4.16. The number of hydrogen-bond donors (Lipinski definition) is 3. The molecule has 0 bridgehead atoms. The van der Waals surface area contributed by atoms with Crippen LogP contribution in [0.25, 0.3) is 0 Å². The summed E-state index contributed by atoms with van der Waals surface area (Å²) in [5.74, 6) is -1.92. The summed E-state index contributed by atoms with van der Waals surface area (Å²) in [4.78, 5) is 16.2. The highest BCUT2D eigenvalue weighted by Gasteiger charge is 2.21. The van der Waals surface area contributed by atoms with Crippen molar-refractivity contribution in [1.29, 1.82) is 0 Å². The van der Waals surface area contributed by atoms with E-state index in [-0.39, 0.29) is 13.0 Å². The van der Waals surface area contributed by atoms with Crippen molar-refractivity contribution in [2.24, 2.45) is 0 Å². The molecule has 0 saturated heterocycles. The number of aromatic nitrogens is 3. The summed E-state index contributed by atoms with van der Waals surface area (Å²) in [5.41, 5.74) is 0.757. The van der Waals surface area contributed by atoms with Crippen LogP contribution < -0.4 is 10.0 Å². The smallest absolute Gasteiger partial charge is 0.240 e. The number of aryl methyl sites for hydroxylation is 1. The Morgan fingerprint density at radius 3 is 2.50 bits per heavy atom. The molecule has 1 unspecified atom stereocenters. The van der Waals surface area contributed by atoms with Gasteiger partial charge in [-0.15, -0.1) is 0 Å². The standard InChI is InChI=1S/C19H19F2N5O3S/c1-12-23-19(26-25-12)18(13-5-3-2-4-6-13)24-17(27)9-10-22-30(28,29)14-7-8-15(20)16(21)11-14/h2-8,11,18,22H,9-10H2,1H3,(H,24,27)(H,23,25,26). The Labute approximate surface area is 171 Å². The van der Waals surface area contributed by atoms with Crippen LogP contribution >= 0.6 is 0 Å². The molecule has 8 nitrogen and oxygen atoms in total. The lowest BCUT2D eigenvalue weighted by molar-refractivity contribution is -0.121. The molecule has 11 heteroatoms. The second kappa shape index (κ2) is 9.09. The van der Waals surface area contributed by atoms with E-state index in [4.69, 9.17) is 0 Å². The first-order valence-electron chi connectivity index (χ1n) is 8.94. The number of carbonyl (C=O) groups excluding carboxylic acids is 1. The van der Waals surface area contributed by atoms with Crippen molar-refractivity contribution in [3.63, 3.8) is 0 Å². The molecule has 1 atom stereocenters. The minimum Gasteiger partial charge on any atom is -0.342 e. The quantitative estimate of drug-likeness (QED) is 0.500. The maximum absolute atomic E-state index is 13.3. The van der Waals surface area contributed by atoms with Crippen LogP contribution in [0.4, 0.5) is 8.78 Å². The zero-order chi connectivity index (χ0) is 21.7. The largest absolute Gasteiger partial charge is 0.342 e. The van der Waals surface area contributed by atoms with Gasteiger partial charge in [-0.25, -0.2) is 26.9 Å². The van der Waals surface area contributed by atoms with Gasteiger partial charge in [0, 0.05) is 13.0 Å². The van der Waals surface area contributed by atoms with Gasteiger partial charge in [0.05, 0.1) is 4.90 Å². The molecule has 158 valence electrons. The molecule has 30 heavy (non-hydrogen) atoms. The first-order valence-corrected chi connectivity index (χ1v) is 10.4. The van der Waals surface area contributed by atoms with Gasteiger partial charge < -0.3 is 5.32 Å². The summed E-state index contributed by atoms with van der Waals surface area (Å²) in [7, 11) is -4.09. The molecular formula is C19H19F2N5O3S. The van der Waals surface area contributed by atoms with Gasteiger partial charge in [-0.05, 0) is 30.7 Å². The normalized spacial score (nSPS) is 12.5. The summed E-state index contributed by atoms with van der Waals surface area (Å²) in [6.45, 7) is 1.50. The number of nitrogens with one attached hydrogen (secondary N) is 3. The predicted molar refractivity (Wildman–Crippen MR) is 104 cm³/mol. The molecule has 0 spiro atoms. The fourth-order valence-corrected chi connectivity index (χ4v) is 3.73. The highest BCUT2D eigenvalue weighted by molar-refractivity contribution is 7.89. The Balaban J connectivity index is 1.64. The molecule has 0 aliphatic carbocycles. The molecular weight excluding hydrogens is 416 g/mol. The summed E-state index contributed by atoms with van der Waals surface area (Å²) in [6, 6.07) is 10.7. The van der Waals surface area contributed by atoms with Crippen molar-refractivity contribution in [2.45, 2.75) is 24.3 Å². The van der Waals surface area contributed by atoms with Crippen molar-refractivity contribution in [2.75, 3.05) is 6.54 Å². The molecule has 1 amide bonds. The van der Waals surface area contributed by atoms with Gasteiger partial charge in [0.25, 0.3) is 0 Å². The molecule has 3 aromatic rings. The average molecular weight is 435 g/mol. The number of sulfonamides is 1. The van der Waals surface area contributed by atoms with Gasteiger partial charge in [0.15, 0.2) is 17.5 Å². The Hall–Kier alpha value is -3.18. The maximum Gasteiger partial charge on any atom is 0.240 e. The maximum atomic E-state index is 13.3. The summed E-state index contributed by atoms with van der Waals surface area (Å²) in [5, 5.41) is 9.59. The fraction of sp³-hybridized carbons (Fsp3) is 0.211. The van der Waals surface area contributed by atoms with Crippen molar-refractivity contribution in [3.05, 3.63) is 77.4 Å². The average Bonchev–Trinajstić information content (AvgIpc) is 3.14. The van der Waals surface area contributed by atoms with Crippen molar-refractivity contribution in [3.8, 4) is 0 Å². The van der Waals surface area contributed by atoms with Crippen LogP contribution in [-0.4, -0.2) is 36.1 Å². The zero-order valence-electron chi connectivity index (χ0n) is 15.9. The van der Waals surface area contributed by atoms with Crippen LogP contribution in [0.5, 0.6) is 0 Å². The number of H-pyrrole nitrogens is 1. The van der Waals surface area contributed by atoms with E-state index in [1.165, 1.54) is 0 Å². The van der Waals surface area contributed by atoms with E-state index >= 15 is 0 Å². The fourth-order valence-electron chi connectivity index (χ4n) is 2.69. The van der Waals surface area contributed by atoms with Crippen LogP contribution in [-0.2, 0) is 14.8 Å². The number of aromatic amines is 1. The number of carbonyl (C=O) groups is 1. The SMILES string of the molecule is Cc1nc(C(NC(=O)CCNS(=O)(=O)c2ccc(F)c(F)c2)c2ccccc2)n[nH]1. The van der Waals surface area contributed by atoms with Gasteiger partial charge in [-0.3, -0.25) is 9.89 Å². The monoisotopic (exact) mass is 435 g/mol. The Morgan fingerprint density at radius 2 is 1.87 bits per heavy atom. The first kappa shape index (κ1) is 21.5. The van der Waals surface area contributed by atoms with E-state index in [0.717, 1.165) is 17.7 Å². The lowest BCUT2D eigenvalue weighted by Crippen LogP contribution is -2.34. The number of nitrogens with zero attached hydrogens (tertiary/aromatic N) is 2. The Bertz CT molecular complexity index is 1140. The topological polar surface area (TPSA) is 117 Å². The van der Waals surface area contributed by atoms with Crippen molar-refractivity contribution in [1.82, 2.24) is 25.2 Å². The highest BCUT2D eigenvalue weighted by atomic mass is 32.2. The molecule has 3 N–H and O–H groups in total. The number of amides is 1. The van der Waals surface area contributed by atoms with Gasteiger partial charge in [0.2, 0.25) is 15.9 Å². The molecule has 0 saturated carbocycles. The number of halogens is 2. The van der Waals surface area contributed by atoms with Gasteiger partial charge in [-0.2, -0.15) is 5.10 Å². The Kier molecular flexibility index (Phi) is 6.53. The molecule has 1 heterocycles. The van der Waals surface area contributed by atoms with Crippen molar-refractivity contribution < 1.29 is 22.0 Å². The van der Waals surface area contributed by atoms with Crippen molar-refractivity contribution >= 4 is 15.9 Å². The second-order valence-electron chi connectivity index (χ2n) is 6.41. The lowest BCUT2D eigenvalue weighted by atomic mass is 10.1. The summed E-state index contributed by atoms with van der Waals surface area (Å²) >= 11 is 0. The zero-order valence-corrected chi connectivity index (χ0v) is 16.7. The highest BCUT2D eigenvalue weighted by Crippen LogP contribution is 2.19. The molecule has 3 rings (SSSR count). The van der Waals surface area contributed by atoms with Crippen LogP contribution in [0.3, 0.4) is 0 Å². The van der Waals surface area contributed by atoms with E-state index in [1.54, 1.807) is 6.92 Å².